The Hall–Kier alpha value is -0.300. The first kappa shape index (κ1) is 21.0. The molecule has 25 heavy (non-hydrogen) atoms. The molecule has 0 N–H and O–H groups in total. The van der Waals surface area contributed by atoms with Gasteiger partial charge in [0.25, 0.3) is 0 Å². The first-order valence-electron chi connectivity index (χ1n) is 11.5. The van der Waals surface area contributed by atoms with Gasteiger partial charge in [-0.05, 0) is 74.5 Å². The highest BCUT2D eigenvalue weighted by Gasteiger charge is 2.33. The van der Waals surface area contributed by atoms with Crippen LogP contribution in [0, 0.1) is 29.6 Å². The monoisotopic (exact) mass is 348 g/mol. The Labute approximate surface area is 158 Å². The molecule has 2 aliphatic rings. The average Bonchev–Trinajstić information content (AvgIpc) is 2.64. The molecule has 0 aromatic rings. The van der Waals surface area contributed by atoms with Crippen molar-refractivity contribution in [1.82, 2.24) is 0 Å². The van der Waals surface area contributed by atoms with Crippen molar-refractivity contribution in [3.8, 4) is 0 Å². The molecule has 0 aromatic heterocycles. The molecule has 4 atom stereocenters. The third-order valence-corrected chi connectivity index (χ3v) is 7.19. The van der Waals surface area contributed by atoms with E-state index < -0.39 is 0 Å². The standard InChI is InChI=1S/C24H44O/c1-5-7-9-21-10-12-22(13-11-21)14-15-23-16-17-24(20(4)19(23)3)25-18-8-6-2/h14-15,19-24H,5-13,16-18H2,1-4H3. The summed E-state index contributed by atoms with van der Waals surface area (Å²) in [7, 11) is 0. The van der Waals surface area contributed by atoms with Gasteiger partial charge in [-0.15, -0.1) is 0 Å². The average molecular weight is 349 g/mol. The maximum Gasteiger partial charge on any atom is 0.0603 e. The Bertz CT molecular complexity index is 366. The summed E-state index contributed by atoms with van der Waals surface area (Å²) >= 11 is 0. The fraction of sp³-hybridized carbons (Fsp3) is 0.917. The molecule has 2 fully saturated rings. The summed E-state index contributed by atoms with van der Waals surface area (Å²) in [4.78, 5) is 0. The Morgan fingerprint density at radius 2 is 1.52 bits per heavy atom. The van der Waals surface area contributed by atoms with Crippen LogP contribution in [0.25, 0.3) is 0 Å². The van der Waals surface area contributed by atoms with Gasteiger partial charge in [-0.25, -0.2) is 0 Å². The molecule has 146 valence electrons. The summed E-state index contributed by atoms with van der Waals surface area (Å²) in [6.45, 7) is 10.4. The van der Waals surface area contributed by atoms with E-state index in [1.807, 2.05) is 0 Å². The molecule has 2 aliphatic carbocycles. The van der Waals surface area contributed by atoms with Crippen LogP contribution in [0.2, 0.25) is 0 Å². The van der Waals surface area contributed by atoms with E-state index in [9.17, 15) is 0 Å². The van der Waals surface area contributed by atoms with E-state index in [2.05, 4.69) is 39.8 Å². The van der Waals surface area contributed by atoms with Crippen LogP contribution in [0.4, 0.5) is 0 Å². The molecule has 0 aromatic carbocycles. The molecular weight excluding hydrogens is 304 g/mol. The van der Waals surface area contributed by atoms with Gasteiger partial charge in [0, 0.05) is 6.61 Å². The Morgan fingerprint density at radius 1 is 0.800 bits per heavy atom. The number of unbranched alkanes of at least 4 members (excludes halogenated alkanes) is 2. The summed E-state index contributed by atoms with van der Waals surface area (Å²) in [5.41, 5.74) is 0. The smallest absolute Gasteiger partial charge is 0.0603 e. The molecule has 0 heterocycles. The molecule has 0 bridgehead atoms. The zero-order valence-electron chi connectivity index (χ0n) is 17.5. The number of hydrogen-bond acceptors (Lipinski definition) is 1. The zero-order chi connectivity index (χ0) is 18.1. The Morgan fingerprint density at radius 3 is 2.20 bits per heavy atom. The molecule has 0 radical (unpaired) electrons. The lowest BCUT2D eigenvalue weighted by Crippen LogP contribution is -2.36. The lowest BCUT2D eigenvalue weighted by molar-refractivity contribution is -0.0350. The minimum absolute atomic E-state index is 0.500. The van der Waals surface area contributed by atoms with Crippen LogP contribution in [0.3, 0.4) is 0 Å². The van der Waals surface area contributed by atoms with Gasteiger partial charge in [0.05, 0.1) is 6.10 Å². The van der Waals surface area contributed by atoms with E-state index in [4.69, 9.17) is 4.74 Å². The SMILES string of the molecule is CCCCOC1CCC(C=CC2CCC(CCCC)CC2)C(C)C1C. The summed E-state index contributed by atoms with van der Waals surface area (Å²) in [6, 6.07) is 0. The van der Waals surface area contributed by atoms with E-state index in [0.717, 1.165) is 30.3 Å². The second-order valence-corrected chi connectivity index (χ2v) is 9.03. The van der Waals surface area contributed by atoms with Gasteiger partial charge < -0.3 is 4.74 Å². The lowest BCUT2D eigenvalue weighted by Gasteiger charge is -2.39. The topological polar surface area (TPSA) is 9.23 Å². The maximum atomic E-state index is 6.17. The predicted molar refractivity (Wildman–Crippen MR) is 110 cm³/mol. The quantitative estimate of drug-likeness (QED) is 0.311. The van der Waals surface area contributed by atoms with Crippen molar-refractivity contribution in [2.75, 3.05) is 6.61 Å². The molecule has 2 saturated carbocycles. The summed E-state index contributed by atoms with van der Waals surface area (Å²) in [5.74, 6) is 4.12. The van der Waals surface area contributed by atoms with E-state index in [0.29, 0.717) is 12.0 Å². The van der Waals surface area contributed by atoms with E-state index in [1.165, 1.54) is 70.6 Å². The summed E-state index contributed by atoms with van der Waals surface area (Å²) in [6.07, 6.45) is 20.8. The minimum atomic E-state index is 0.500. The highest BCUT2D eigenvalue weighted by Crippen LogP contribution is 2.38. The zero-order valence-corrected chi connectivity index (χ0v) is 17.5. The van der Waals surface area contributed by atoms with Crippen LogP contribution >= 0.6 is 0 Å². The highest BCUT2D eigenvalue weighted by atomic mass is 16.5. The van der Waals surface area contributed by atoms with Gasteiger partial charge in [0.2, 0.25) is 0 Å². The van der Waals surface area contributed by atoms with Gasteiger partial charge in [-0.2, -0.15) is 0 Å². The van der Waals surface area contributed by atoms with Crippen LogP contribution in [0.15, 0.2) is 12.2 Å². The maximum absolute atomic E-state index is 6.17. The van der Waals surface area contributed by atoms with E-state index in [1.54, 1.807) is 0 Å². The molecule has 4 unspecified atom stereocenters. The van der Waals surface area contributed by atoms with E-state index >= 15 is 0 Å². The van der Waals surface area contributed by atoms with Gasteiger partial charge >= 0.3 is 0 Å². The molecule has 0 aliphatic heterocycles. The van der Waals surface area contributed by atoms with Crippen LogP contribution in [0.5, 0.6) is 0 Å². The first-order chi connectivity index (χ1) is 12.2. The van der Waals surface area contributed by atoms with Gasteiger partial charge in [0.1, 0.15) is 0 Å². The van der Waals surface area contributed by atoms with E-state index in [-0.39, 0.29) is 0 Å². The van der Waals surface area contributed by atoms with Gasteiger partial charge in [-0.1, -0.05) is 65.5 Å². The Kier molecular flexibility index (Phi) is 9.60. The van der Waals surface area contributed by atoms with Crippen molar-refractivity contribution in [1.29, 1.82) is 0 Å². The summed E-state index contributed by atoms with van der Waals surface area (Å²) < 4.78 is 6.17. The lowest BCUT2D eigenvalue weighted by atomic mass is 9.71. The molecule has 2 rings (SSSR count). The summed E-state index contributed by atoms with van der Waals surface area (Å²) in [5, 5.41) is 0. The Balaban J connectivity index is 1.73. The first-order valence-corrected chi connectivity index (χ1v) is 11.5. The number of hydrogen-bond donors (Lipinski definition) is 0. The highest BCUT2D eigenvalue weighted by molar-refractivity contribution is 4.99. The fourth-order valence-electron chi connectivity index (χ4n) is 4.96. The largest absolute Gasteiger partial charge is 0.378 e. The molecular formula is C24H44O. The number of ether oxygens (including phenoxy) is 1. The van der Waals surface area contributed by atoms with Crippen LogP contribution in [-0.2, 0) is 4.74 Å². The number of allylic oxidation sites excluding steroid dienone is 2. The molecule has 1 nitrogen and oxygen atoms in total. The second-order valence-electron chi connectivity index (χ2n) is 9.03. The molecule has 0 spiro atoms. The molecule has 1 heteroatoms. The van der Waals surface area contributed by atoms with Crippen molar-refractivity contribution in [2.24, 2.45) is 29.6 Å². The van der Waals surface area contributed by atoms with Gasteiger partial charge in [-0.3, -0.25) is 0 Å². The minimum Gasteiger partial charge on any atom is -0.378 e. The van der Waals surface area contributed by atoms with Gasteiger partial charge in [0.15, 0.2) is 0 Å². The van der Waals surface area contributed by atoms with Crippen molar-refractivity contribution >= 4 is 0 Å². The fourth-order valence-corrected chi connectivity index (χ4v) is 4.96. The normalized spacial score (nSPS) is 36.8. The van der Waals surface area contributed by atoms with Crippen molar-refractivity contribution in [2.45, 2.75) is 104 Å². The van der Waals surface area contributed by atoms with Crippen molar-refractivity contribution in [3.63, 3.8) is 0 Å². The third-order valence-electron chi connectivity index (χ3n) is 7.19. The van der Waals surface area contributed by atoms with Crippen LogP contribution in [0.1, 0.15) is 98.3 Å². The third kappa shape index (κ3) is 6.74. The second kappa shape index (κ2) is 11.4. The van der Waals surface area contributed by atoms with Crippen LogP contribution < -0.4 is 0 Å². The predicted octanol–water partition coefficient (Wildman–Crippen LogP) is 7.41. The molecule has 0 saturated heterocycles. The number of rotatable bonds is 9. The van der Waals surface area contributed by atoms with Crippen LogP contribution in [-0.4, -0.2) is 12.7 Å². The van der Waals surface area contributed by atoms with Crippen molar-refractivity contribution < 1.29 is 4.74 Å². The van der Waals surface area contributed by atoms with Crippen molar-refractivity contribution in [3.05, 3.63) is 12.2 Å². The molecule has 0 amide bonds.